The molecule has 0 amide bonds. The number of nitrogens with two attached hydrogens (primary N) is 1. The van der Waals surface area contributed by atoms with Gasteiger partial charge in [0.15, 0.2) is 0 Å². The zero-order chi connectivity index (χ0) is 14.4. The Morgan fingerprint density at radius 2 is 2.05 bits per heavy atom. The molecule has 0 aliphatic heterocycles. The highest BCUT2D eigenvalue weighted by Crippen LogP contribution is 2.16. The van der Waals surface area contributed by atoms with Gasteiger partial charge in [0, 0.05) is 5.56 Å². The van der Waals surface area contributed by atoms with E-state index in [-0.39, 0.29) is 12.4 Å². The second-order valence-corrected chi connectivity index (χ2v) is 4.46. The van der Waals surface area contributed by atoms with Crippen molar-refractivity contribution in [2.45, 2.75) is 13.5 Å². The lowest BCUT2D eigenvalue weighted by Crippen LogP contribution is -1.98. The monoisotopic (exact) mass is 269 g/mol. The number of hydrogen-bond donors (Lipinski definition) is 1. The fraction of sp³-hybridized carbons (Fsp3) is 0.176. The summed E-state index contributed by atoms with van der Waals surface area (Å²) in [6, 6.07) is 12.4. The van der Waals surface area contributed by atoms with Gasteiger partial charge in [0.05, 0.1) is 6.54 Å². The van der Waals surface area contributed by atoms with E-state index in [0.29, 0.717) is 12.2 Å². The number of halogens is 1. The molecule has 2 aromatic rings. The van der Waals surface area contributed by atoms with Crippen LogP contribution in [-0.4, -0.2) is 6.54 Å². The van der Waals surface area contributed by atoms with E-state index in [1.807, 2.05) is 37.3 Å². The number of ether oxygens (including phenoxy) is 1. The van der Waals surface area contributed by atoms with Gasteiger partial charge in [-0.2, -0.15) is 0 Å². The van der Waals surface area contributed by atoms with E-state index in [0.717, 1.165) is 16.9 Å². The molecule has 0 fully saturated rings. The van der Waals surface area contributed by atoms with Crippen molar-refractivity contribution in [3.05, 3.63) is 65.0 Å². The maximum Gasteiger partial charge on any atom is 0.124 e. The number of rotatable bonds is 3. The lowest BCUT2D eigenvalue weighted by Gasteiger charge is -2.07. The van der Waals surface area contributed by atoms with Gasteiger partial charge in [0.1, 0.15) is 18.2 Å². The molecule has 0 saturated carbocycles. The van der Waals surface area contributed by atoms with Crippen molar-refractivity contribution in [3.63, 3.8) is 0 Å². The fourth-order valence-electron chi connectivity index (χ4n) is 1.83. The normalized spacial score (nSPS) is 9.75. The van der Waals surface area contributed by atoms with Gasteiger partial charge >= 0.3 is 0 Å². The van der Waals surface area contributed by atoms with Gasteiger partial charge in [0.2, 0.25) is 0 Å². The summed E-state index contributed by atoms with van der Waals surface area (Å²) in [5.41, 5.74) is 7.78. The molecule has 0 aliphatic carbocycles. The summed E-state index contributed by atoms with van der Waals surface area (Å²) in [6.07, 6.45) is 0. The van der Waals surface area contributed by atoms with Crippen molar-refractivity contribution >= 4 is 0 Å². The molecule has 0 heterocycles. The molecule has 0 radical (unpaired) electrons. The Labute approximate surface area is 118 Å². The Balaban J connectivity index is 2.11. The lowest BCUT2D eigenvalue weighted by atomic mass is 10.1. The molecule has 0 bridgehead atoms. The Bertz CT molecular complexity index is 656. The molecule has 0 aliphatic rings. The molecule has 102 valence electrons. The van der Waals surface area contributed by atoms with E-state index in [2.05, 4.69) is 11.8 Å². The average Bonchev–Trinajstić information content (AvgIpc) is 2.42. The smallest absolute Gasteiger partial charge is 0.124 e. The van der Waals surface area contributed by atoms with Crippen LogP contribution in [0.25, 0.3) is 0 Å². The maximum absolute atomic E-state index is 13.5. The van der Waals surface area contributed by atoms with Gasteiger partial charge in [-0.3, -0.25) is 0 Å². The van der Waals surface area contributed by atoms with Crippen LogP contribution in [0.4, 0.5) is 4.39 Å². The van der Waals surface area contributed by atoms with Gasteiger partial charge in [-0.1, -0.05) is 24.0 Å². The molecule has 2 nitrogen and oxygen atoms in total. The van der Waals surface area contributed by atoms with Crippen molar-refractivity contribution in [2.24, 2.45) is 5.73 Å². The van der Waals surface area contributed by atoms with Crippen molar-refractivity contribution < 1.29 is 9.13 Å². The highest BCUT2D eigenvalue weighted by Gasteiger charge is 2.01. The third-order valence-electron chi connectivity index (χ3n) is 2.69. The summed E-state index contributed by atoms with van der Waals surface area (Å²) in [5, 5.41) is 0. The van der Waals surface area contributed by atoms with E-state index in [1.54, 1.807) is 0 Å². The zero-order valence-corrected chi connectivity index (χ0v) is 11.3. The predicted molar refractivity (Wildman–Crippen MR) is 77.8 cm³/mol. The van der Waals surface area contributed by atoms with Crippen LogP contribution in [0, 0.1) is 24.6 Å². The number of hydrogen-bond acceptors (Lipinski definition) is 2. The first-order valence-electron chi connectivity index (χ1n) is 6.35. The molecule has 2 N–H and O–H groups in total. The molecule has 0 aromatic heterocycles. The zero-order valence-electron chi connectivity index (χ0n) is 11.3. The summed E-state index contributed by atoms with van der Waals surface area (Å²) in [5.74, 6) is 5.98. The highest BCUT2D eigenvalue weighted by atomic mass is 19.1. The summed E-state index contributed by atoms with van der Waals surface area (Å²) < 4.78 is 19.1. The van der Waals surface area contributed by atoms with Gasteiger partial charge < -0.3 is 10.5 Å². The van der Waals surface area contributed by atoms with Crippen LogP contribution in [0.15, 0.2) is 42.5 Å². The third-order valence-corrected chi connectivity index (χ3v) is 2.69. The lowest BCUT2D eigenvalue weighted by molar-refractivity contribution is 0.305. The molecular formula is C17H16FNO. The summed E-state index contributed by atoms with van der Waals surface area (Å²) in [7, 11) is 0. The van der Waals surface area contributed by atoms with Crippen molar-refractivity contribution in [1.82, 2.24) is 0 Å². The Hall–Kier alpha value is -2.31. The molecule has 0 atom stereocenters. The van der Waals surface area contributed by atoms with Crippen LogP contribution in [0.2, 0.25) is 0 Å². The van der Waals surface area contributed by atoms with E-state index < -0.39 is 0 Å². The SMILES string of the molecule is Cc1cccc(OCc2cc(F)cc(C#CCN)c2)c1. The molecule has 0 saturated heterocycles. The summed E-state index contributed by atoms with van der Waals surface area (Å²) >= 11 is 0. The summed E-state index contributed by atoms with van der Waals surface area (Å²) in [4.78, 5) is 0. The quantitative estimate of drug-likeness (QED) is 0.869. The second-order valence-electron chi connectivity index (χ2n) is 4.46. The number of aryl methyl sites for hydroxylation is 1. The van der Waals surface area contributed by atoms with Crippen molar-refractivity contribution in [1.29, 1.82) is 0 Å². The van der Waals surface area contributed by atoms with E-state index in [9.17, 15) is 4.39 Å². The molecule has 3 heteroatoms. The first-order chi connectivity index (χ1) is 9.67. The van der Waals surface area contributed by atoms with Crippen molar-refractivity contribution in [2.75, 3.05) is 6.54 Å². The number of benzene rings is 2. The topological polar surface area (TPSA) is 35.2 Å². The van der Waals surface area contributed by atoms with Crippen LogP contribution in [0.3, 0.4) is 0 Å². The van der Waals surface area contributed by atoms with E-state index in [4.69, 9.17) is 10.5 Å². The van der Waals surface area contributed by atoms with Gasteiger partial charge in [-0.15, -0.1) is 0 Å². The van der Waals surface area contributed by atoms with Crippen LogP contribution < -0.4 is 10.5 Å². The van der Waals surface area contributed by atoms with E-state index >= 15 is 0 Å². The average molecular weight is 269 g/mol. The molecule has 2 rings (SSSR count). The Morgan fingerprint density at radius 3 is 2.80 bits per heavy atom. The Kier molecular flexibility index (Phi) is 4.75. The first-order valence-corrected chi connectivity index (χ1v) is 6.35. The fourth-order valence-corrected chi connectivity index (χ4v) is 1.83. The van der Waals surface area contributed by atoms with Crippen LogP contribution in [0.5, 0.6) is 5.75 Å². The maximum atomic E-state index is 13.5. The molecule has 0 unspecified atom stereocenters. The van der Waals surface area contributed by atoms with Crippen LogP contribution >= 0.6 is 0 Å². The molecule has 0 spiro atoms. The minimum Gasteiger partial charge on any atom is -0.489 e. The van der Waals surface area contributed by atoms with Gasteiger partial charge in [0.25, 0.3) is 0 Å². The largest absolute Gasteiger partial charge is 0.489 e. The Morgan fingerprint density at radius 1 is 1.20 bits per heavy atom. The minimum absolute atomic E-state index is 0.256. The van der Waals surface area contributed by atoms with Crippen molar-refractivity contribution in [3.8, 4) is 17.6 Å². The van der Waals surface area contributed by atoms with Crippen LogP contribution in [0.1, 0.15) is 16.7 Å². The molecular weight excluding hydrogens is 253 g/mol. The standard InChI is InChI=1S/C17H16FNO/c1-13-4-2-6-17(8-13)20-12-15-9-14(5-3-7-19)10-16(18)11-15/h2,4,6,8-11H,7,12,19H2,1H3. The molecule has 2 aromatic carbocycles. The second kappa shape index (κ2) is 6.74. The predicted octanol–water partition coefficient (Wildman–Crippen LogP) is 3.02. The van der Waals surface area contributed by atoms with E-state index in [1.165, 1.54) is 12.1 Å². The third kappa shape index (κ3) is 4.11. The molecule has 20 heavy (non-hydrogen) atoms. The van der Waals surface area contributed by atoms with Gasteiger partial charge in [-0.05, 0) is 48.4 Å². The highest BCUT2D eigenvalue weighted by molar-refractivity contribution is 5.38. The minimum atomic E-state index is -0.323. The summed E-state index contributed by atoms with van der Waals surface area (Å²) in [6.45, 7) is 2.56. The van der Waals surface area contributed by atoms with Crippen LogP contribution in [-0.2, 0) is 6.61 Å². The first kappa shape index (κ1) is 14.1. The van der Waals surface area contributed by atoms with Gasteiger partial charge in [-0.25, -0.2) is 4.39 Å².